The summed E-state index contributed by atoms with van der Waals surface area (Å²) in [5.74, 6) is -2.91. The minimum Gasteiger partial charge on any atom is -0.363 e. The summed E-state index contributed by atoms with van der Waals surface area (Å²) in [6.45, 7) is 10.1. The van der Waals surface area contributed by atoms with Gasteiger partial charge in [-0.3, -0.25) is 19.2 Å². The highest BCUT2D eigenvalue weighted by Crippen LogP contribution is 2.65. The highest BCUT2D eigenvalue weighted by molar-refractivity contribution is 7.91. The number of thiophene rings is 1. The molecule has 6 atom stereocenters. The van der Waals surface area contributed by atoms with Crippen LogP contribution in [0.25, 0.3) is 0 Å². The van der Waals surface area contributed by atoms with E-state index in [4.69, 9.17) is 5.73 Å². The lowest BCUT2D eigenvalue weighted by molar-refractivity contribution is -0.143. The molecule has 1 aliphatic carbocycles. The lowest BCUT2D eigenvalue weighted by Crippen LogP contribution is -2.60. The molecular formula is C34H54N6O7S2. The van der Waals surface area contributed by atoms with E-state index < -0.39 is 63.2 Å². The molecule has 1 aromatic rings. The highest BCUT2D eigenvalue weighted by Gasteiger charge is 2.69. The van der Waals surface area contributed by atoms with E-state index in [0.717, 1.165) is 43.4 Å². The first-order valence-electron chi connectivity index (χ1n) is 17.4. The second-order valence-corrected chi connectivity index (χ2v) is 18.8. The number of Topliss-reactive ketones (excluding diaryl/α,β-unsaturated/α-hetero) is 1. The average molecular weight is 723 g/mol. The van der Waals surface area contributed by atoms with E-state index in [2.05, 4.69) is 16.0 Å². The predicted octanol–water partition coefficient (Wildman–Crippen LogP) is 3.00. The molecule has 4 rings (SSSR count). The van der Waals surface area contributed by atoms with Crippen LogP contribution in [0.3, 0.4) is 0 Å². The quantitative estimate of drug-likeness (QED) is 0.297. The number of ketones is 1. The minimum atomic E-state index is -3.76. The molecule has 0 spiro atoms. The van der Waals surface area contributed by atoms with E-state index in [1.807, 2.05) is 34.6 Å². The van der Waals surface area contributed by atoms with Gasteiger partial charge in [-0.05, 0) is 47.0 Å². The number of sulfonamides is 1. The van der Waals surface area contributed by atoms with Gasteiger partial charge < -0.3 is 26.6 Å². The van der Waals surface area contributed by atoms with Crippen LogP contribution in [0.15, 0.2) is 21.7 Å². The van der Waals surface area contributed by atoms with Crippen molar-refractivity contribution in [1.29, 1.82) is 0 Å². The van der Waals surface area contributed by atoms with E-state index in [0.29, 0.717) is 25.8 Å². The molecule has 15 heteroatoms. The van der Waals surface area contributed by atoms with Crippen molar-refractivity contribution in [3.63, 3.8) is 0 Å². The van der Waals surface area contributed by atoms with Crippen molar-refractivity contribution in [3.05, 3.63) is 17.5 Å². The van der Waals surface area contributed by atoms with Gasteiger partial charge in [-0.25, -0.2) is 13.2 Å². The zero-order valence-corrected chi connectivity index (χ0v) is 31.3. The molecular weight excluding hydrogens is 669 g/mol. The van der Waals surface area contributed by atoms with Crippen LogP contribution in [0.5, 0.6) is 0 Å². The normalized spacial score (nSPS) is 27.4. The molecule has 2 aliphatic heterocycles. The molecule has 2 saturated heterocycles. The van der Waals surface area contributed by atoms with Crippen LogP contribution in [-0.2, 0) is 29.2 Å². The average Bonchev–Trinajstić information content (AvgIpc) is 3.48. The fourth-order valence-electron chi connectivity index (χ4n) is 7.36. The van der Waals surface area contributed by atoms with Gasteiger partial charge in [0.05, 0.1) is 6.04 Å². The second-order valence-electron chi connectivity index (χ2n) is 15.5. The maximum atomic E-state index is 14.3. The van der Waals surface area contributed by atoms with E-state index in [1.54, 1.807) is 11.4 Å². The van der Waals surface area contributed by atoms with Gasteiger partial charge in [0.25, 0.3) is 15.9 Å². The first-order chi connectivity index (χ1) is 22.9. The molecule has 5 amide bonds. The number of hydrogen-bond donors (Lipinski definition) is 4. The third-order valence-electron chi connectivity index (χ3n) is 10.7. The number of amides is 5. The van der Waals surface area contributed by atoms with Crippen LogP contribution in [0.2, 0.25) is 0 Å². The van der Waals surface area contributed by atoms with Crippen LogP contribution >= 0.6 is 11.3 Å². The third kappa shape index (κ3) is 9.01. The fourth-order valence-corrected chi connectivity index (χ4v) is 9.75. The number of piperidine rings is 1. The van der Waals surface area contributed by atoms with Gasteiger partial charge in [0, 0.05) is 26.2 Å². The maximum absolute atomic E-state index is 14.3. The number of likely N-dealkylation sites (N-methyl/N-ethyl adjacent to an activating group) is 1. The Labute approximate surface area is 294 Å². The number of nitrogens with two attached hydrogens (primary N) is 1. The van der Waals surface area contributed by atoms with Crippen molar-refractivity contribution in [2.24, 2.45) is 28.4 Å². The molecule has 274 valence electrons. The molecule has 1 saturated carbocycles. The first kappa shape index (κ1) is 38.8. The highest BCUT2D eigenvalue weighted by atomic mass is 32.2. The predicted molar refractivity (Wildman–Crippen MR) is 187 cm³/mol. The van der Waals surface area contributed by atoms with Gasteiger partial charge in [0.15, 0.2) is 0 Å². The Kier molecular flexibility index (Phi) is 12.2. The summed E-state index contributed by atoms with van der Waals surface area (Å²) in [5.41, 5.74) is 4.60. The molecule has 0 aromatic carbocycles. The van der Waals surface area contributed by atoms with Gasteiger partial charge in [-0.2, -0.15) is 4.31 Å². The summed E-state index contributed by atoms with van der Waals surface area (Å²) in [6.07, 6.45) is 6.51. The molecule has 0 bridgehead atoms. The fraction of sp³-hybridized carbons (Fsp3) is 0.735. The summed E-state index contributed by atoms with van der Waals surface area (Å²) in [6, 6.07) is -0.861. The first-order valence-corrected chi connectivity index (χ1v) is 19.7. The van der Waals surface area contributed by atoms with Crippen molar-refractivity contribution in [2.45, 2.75) is 121 Å². The molecule has 49 heavy (non-hydrogen) atoms. The zero-order chi connectivity index (χ0) is 36.3. The minimum absolute atomic E-state index is 0.00771. The number of nitrogens with zero attached hydrogens (tertiary/aromatic N) is 2. The summed E-state index contributed by atoms with van der Waals surface area (Å²) < 4.78 is 27.7. The third-order valence-corrected chi connectivity index (χ3v) is 13.9. The van der Waals surface area contributed by atoms with Gasteiger partial charge in [0.2, 0.25) is 17.6 Å². The maximum Gasteiger partial charge on any atom is 0.315 e. The van der Waals surface area contributed by atoms with E-state index >= 15 is 0 Å². The Balaban J connectivity index is 1.55. The number of carbonyl (C=O) groups is 5. The van der Waals surface area contributed by atoms with Crippen molar-refractivity contribution in [2.75, 3.05) is 20.1 Å². The van der Waals surface area contributed by atoms with E-state index in [-0.39, 0.29) is 40.3 Å². The number of primary amides is 1. The van der Waals surface area contributed by atoms with Gasteiger partial charge >= 0.3 is 6.03 Å². The Bertz CT molecular complexity index is 1490. The lowest BCUT2D eigenvalue weighted by Gasteiger charge is -2.36. The van der Waals surface area contributed by atoms with Crippen LogP contribution in [0, 0.1) is 22.7 Å². The molecule has 5 N–H and O–H groups in total. The van der Waals surface area contributed by atoms with Crippen molar-refractivity contribution >= 4 is 50.9 Å². The van der Waals surface area contributed by atoms with Crippen LogP contribution in [0.1, 0.15) is 92.4 Å². The topological polar surface area (TPSA) is 188 Å². The van der Waals surface area contributed by atoms with Gasteiger partial charge in [0.1, 0.15) is 16.3 Å². The van der Waals surface area contributed by atoms with Crippen molar-refractivity contribution < 1.29 is 32.4 Å². The second kappa shape index (κ2) is 15.5. The largest absolute Gasteiger partial charge is 0.363 e. The standard InChI is InChI=1S/C34H54N6O7S2/c1-33(2,3)24(20-39(6)49(46,47)25-17-14-18-48-25)38-32(45)37-23-16-13-11-9-7-8-10-12-15-22(28(41)29(35)42)36-30(43)27-26-21(34(26,4)5)19-40(27)31(23)44/h14,17-18,21-24,26-27H,7-13,15-16,19-20H2,1-6H3,(H2,35,42)(H,36,43)(H2,37,38,45)/t21-,22-,23-,24+,26-,27-/m0/s1. The molecule has 0 unspecified atom stereocenters. The summed E-state index contributed by atoms with van der Waals surface area (Å²) in [5, 5.41) is 10.3. The number of fused-ring (bicyclic) bond motifs is 3. The van der Waals surface area contributed by atoms with E-state index in [1.165, 1.54) is 22.3 Å². The van der Waals surface area contributed by atoms with Gasteiger partial charge in [-0.15, -0.1) is 11.3 Å². The Morgan fingerprint density at radius 3 is 2.27 bits per heavy atom. The molecule has 13 nitrogen and oxygen atoms in total. The molecule has 0 radical (unpaired) electrons. The number of nitrogens with one attached hydrogen (secondary N) is 3. The van der Waals surface area contributed by atoms with Crippen LogP contribution in [-0.4, -0.2) is 91.5 Å². The van der Waals surface area contributed by atoms with Crippen LogP contribution < -0.4 is 21.7 Å². The van der Waals surface area contributed by atoms with Crippen LogP contribution in [0.4, 0.5) is 4.79 Å². The summed E-state index contributed by atoms with van der Waals surface area (Å²) in [7, 11) is -2.28. The lowest BCUT2D eigenvalue weighted by atomic mass is 9.86. The molecule has 3 fully saturated rings. The SMILES string of the molecule is CN(C[C@@H](NC(=O)N[C@H]1CCCCCCCCC[C@@H](C(=O)C(N)=O)NC(=O)[C@@H]2[C@@H]3[C@H](CN2C1=O)C3(C)C)C(C)(C)C)S(=O)(=O)c1cccs1. The number of rotatable bonds is 8. The monoisotopic (exact) mass is 722 g/mol. The van der Waals surface area contributed by atoms with Gasteiger partial charge in [-0.1, -0.05) is 85.6 Å². The molecule has 3 aliphatic rings. The van der Waals surface area contributed by atoms with Crippen molar-refractivity contribution in [3.8, 4) is 0 Å². The Morgan fingerprint density at radius 1 is 1.08 bits per heavy atom. The number of urea groups is 1. The molecule has 1 aromatic heterocycles. The van der Waals surface area contributed by atoms with E-state index in [9.17, 15) is 32.4 Å². The summed E-state index contributed by atoms with van der Waals surface area (Å²) >= 11 is 1.12. The summed E-state index contributed by atoms with van der Waals surface area (Å²) in [4.78, 5) is 67.9. The Morgan fingerprint density at radius 2 is 1.69 bits per heavy atom. The smallest absolute Gasteiger partial charge is 0.315 e. The number of hydrogen-bond acceptors (Lipinski definition) is 8. The Hall–Kier alpha value is -3.04. The number of carbonyl (C=O) groups excluding carboxylic acids is 5. The molecule has 3 heterocycles. The van der Waals surface area contributed by atoms with Crippen molar-refractivity contribution in [1.82, 2.24) is 25.2 Å². The zero-order valence-electron chi connectivity index (χ0n) is 29.6.